The number of aryl methyl sites for hydroxylation is 1. The highest BCUT2D eigenvalue weighted by molar-refractivity contribution is 5.95. The van der Waals surface area contributed by atoms with Gasteiger partial charge in [0.15, 0.2) is 6.61 Å². The normalized spacial score (nSPS) is 15.6. The summed E-state index contributed by atoms with van der Waals surface area (Å²) in [6, 6.07) is 6.64. The molecule has 3 rings (SSSR count). The van der Waals surface area contributed by atoms with Crippen molar-refractivity contribution in [3.05, 3.63) is 35.5 Å². The van der Waals surface area contributed by atoms with Gasteiger partial charge in [0.25, 0.3) is 5.91 Å². The lowest BCUT2D eigenvalue weighted by atomic mass is 10.1. The van der Waals surface area contributed by atoms with Gasteiger partial charge in [-0.15, -0.1) is 0 Å². The lowest BCUT2D eigenvalue weighted by Gasteiger charge is -2.22. The number of anilines is 2. The molecule has 0 fully saturated rings. The van der Waals surface area contributed by atoms with E-state index in [1.54, 1.807) is 19.9 Å². The summed E-state index contributed by atoms with van der Waals surface area (Å²) in [5.41, 5.74) is 2.26. The first-order chi connectivity index (χ1) is 11.9. The SMILES string of the molecule is Cc1cc(NC(=O)[C@H](C)N[C@@H](C)c2ccc3c(c2)NC(=O)CO3)on1. The van der Waals surface area contributed by atoms with Crippen molar-refractivity contribution in [3.63, 3.8) is 0 Å². The third-order valence-corrected chi connectivity index (χ3v) is 3.90. The Kier molecular flexibility index (Phi) is 4.71. The Morgan fingerprint density at radius 2 is 2.12 bits per heavy atom. The van der Waals surface area contributed by atoms with Crippen LogP contribution < -0.4 is 20.7 Å². The monoisotopic (exact) mass is 344 g/mol. The molecule has 3 N–H and O–H groups in total. The molecule has 0 unspecified atom stereocenters. The van der Waals surface area contributed by atoms with Gasteiger partial charge < -0.3 is 14.6 Å². The van der Waals surface area contributed by atoms with E-state index in [0.717, 1.165) is 5.56 Å². The predicted molar refractivity (Wildman–Crippen MR) is 91.4 cm³/mol. The molecule has 1 aromatic carbocycles. The van der Waals surface area contributed by atoms with Crippen molar-refractivity contribution in [3.8, 4) is 5.75 Å². The highest BCUT2D eigenvalue weighted by atomic mass is 16.5. The number of rotatable bonds is 5. The molecule has 0 saturated heterocycles. The maximum absolute atomic E-state index is 12.2. The molecule has 132 valence electrons. The van der Waals surface area contributed by atoms with Crippen LogP contribution >= 0.6 is 0 Å². The minimum atomic E-state index is -0.456. The minimum absolute atomic E-state index is 0.0263. The molecule has 25 heavy (non-hydrogen) atoms. The summed E-state index contributed by atoms with van der Waals surface area (Å²) in [7, 11) is 0. The zero-order chi connectivity index (χ0) is 18.0. The quantitative estimate of drug-likeness (QED) is 0.766. The van der Waals surface area contributed by atoms with Crippen molar-refractivity contribution < 1.29 is 18.8 Å². The Hall–Kier alpha value is -2.87. The molecular formula is C17H20N4O4. The molecule has 1 aromatic heterocycles. The maximum atomic E-state index is 12.2. The highest BCUT2D eigenvalue weighted by Crippen LogP contribution is 2.30. The Labute approximate surface area is 144 Å². The fraction of sp³-hybridized carbons (Fsp3) is 0.353. The number of carbonyl (C=O) groups is 2. The first-order valence-electron chi connectivity index (χ1n) is 7.99. The van der Waals surface area contributed by atoms with E-state index < -0.39 is 6.04 Å². The molecule has 2 heterocycles. The van der Waals surface area contributed by atoms with Gasteiger partial charge in [-0.1, -0.05) is 11.2 Å². The van der Waals surface area contributed by atoms with E-state index in [2.05, 4.69) is 21.1 Å². The third kappa shape index (κ3) is 3.97. The molecule has 1 aliphatic heterocycles. The second-order valence-electron chi connectivity index (χ2n) is 6.02. The van der Waals surface area contributed by atoms with Crippen molar-refractivity contribution in [1.29, 1.82) is 0 Å². The number of fused-ring (bicyclic) bond motifs is 1. The molecular weight excluding hydrogens is 324 g/mol. The number of hydrogen-bond acceptors (Lipinski definition) is 6. The summed E-state index contributed by atoms with van der Waals surface area (Å²) in [6.45, 7) is 5.51. The molecule has 0 bridgehead atoms. The van der Waals surface area contributed by atoms with Gasteiger partial charge in [0, 0.05) is 12.1 Å². The Bertz CT molecular complexity index is 802. The van der Waals surface area contributed by atoms with Crippen LogP contribution in [0.3, 0.4) is 0 Å². The van der Waals surface area contributed by atoms with Crippen molar-refractivity contribution >= 4 is 23.4 Å². The lowest BCUT2D eigenvalue weighted by Crippen LogP contribution is -2.39. The largest absolute Gasteiger partial charge is 0.482 e. The van der Waals surface area contributed by atoms with Gasteiger partial charge in [-0.25, -0.2) is 0 Å². The Morgan fingerprint density at radius 3 is 2.84 bits per heavy atom. The van der Waals surface area contributed by atoms with Crippen molar-refractivity contribution in [2.24, 2.45) is 0 Å². The predicted octanol–water partition coefficient (Wildman–Crippen LogP) is 1.99. The van der Waals surface area contributed by atoms with Gasteiger partial charge in [0.2, 0.25) is 11.8 Å². The van der Waals surface area contributed by atoms with E-state index in [1.165, 1.54) is 0 Å². The van der Waals surface area contributed by atoms with Crippen molar-refractivity contribution in [1.82, 2.24) is 10.5 Å². The highest BCUT2D eigenvalue weighted by Gasteiger charge is 2.20. The van der Waals surface area contributed by atoms with Crippen LogP contribution in [0.4, 0.5) is 11.6 Å². The molecule has 2 atom stereocenters. The van der Waals surface area contributed by atoms with E-state index in [9.17, 15) is 9.59 Å². The summed E-state index contributed by atoms with van der Waals surface area (Å²) < 4.78 is 10.3. The van der Waals surface area contributed by atoms with Crippen LogP contribution in [0, 0.1) is 6.92 Å². The smallest absolute Gasteiger partial charge is 0.262 e. The minimum Gasteiger partial charge on any atom is -0.482 e. The molecule has 0 spiro atoms. The van der Waals surface area contributed by atoms with E-state index in [1.807, 2.05) is 25.1 Å². The zero-order valence-corrected chi connectivity index (χ0v) is 14.3. The second kappa shape index (κ2) is 6.94. The van der Waals surface area contributed by atoms with E-state index in [-0.39, 0.29) is 24.5 Å². The van der Waals surface area contributed by atoms with Gasteiger partial charge in [-0.3, -0.25) is 20.2 Å². The molecule has 8 heteroatoms. The Morgan fingerprint density at radius 1 is 1.32 bits per heavy atom. The Balaban J connectivity index is 1.63. The second-order valence-corrected chi connectivity index (χ2v) is 6.02. The van der Waals surface area contributed by atoms with E-state index >= 15 is 0 Å². The van der Waals surface area contributed by atoms with Gasteiger partial charge >= 0.3 is 0 Å². The van der Waals surface area contributed by atoms with Crippen LogP contribution in [-0.2, 0) is 9.59 Å². The zero-order valence-electron chi connectivity index (χ0n) is 14.3. The maximum Gasteiger partial charge on any atom is 0.262 e. The molecule has 1 aliphatic rings. The molecule has 0 radical (unpaired) electrons. The number of carbonyl (C=O) groups excluding carboxylic acids is 2. The fourth-order valence-electron chi connectivity index (χ4n) is 2.57. The van der Waals surface area contributed by atoms with Crippen LogP contribution in [0.15, 0.2) is 28.8 Å². The molecule has 8 nitrogen and oxygen atoms in total. The van der Waals surface area contributed by atoms with Crippen LogP contribution in [-0.4, -0.2) is 29.6 Å². The van der Waals surface area contributed by atoms with Gasteiger partial charge in [0.1, 0.15) is 5.75 Å². The van der Waals surface area contributed by atoms with Crippen molar-refractivity contribution in [2.45, 2.75) is 32.9 Å². The van der Waals surface area contributed by atoms with Crippen molar-refractivity contribution in [2.75, 3.05) is 17.2 Å². The lowest BCUT2D eigenvalue weighted by molar-refractivity contribution is -0.119. The first-order valence-corrected chi connectivity index (χ1v) is 7.99. The fourth-order valence-corrected chi connectivity index (χ4v) is 2.57. The molecule has 2 aromatic rings. The summed E-state index contributed by atoms with van der Waals surface area (Å²) in [5, 5.41) is 12.4. The first kappa shape index (κ1) is 17.0. The van der Waals surface area contributed by atoms with Gasteiger partial charge in [0.05, 0.1) is 17.4 Å². The number of hydrogen-bond donors (Lipinski definition) is 3. The summed E-state index contributed by atoms with van der Waals surface area (Å²) in [6.07, 6.45) is 0. The average Bonchev–Trinajstić information content (AvgIpc) is 2.98. The van der Waals surface area contributed by atoms with Crippen LogP contribution in [0.5, 0.6) is 5.75 Å². The average molecular weight is 344 g/mol. The number of amides is 2. The molecule has 0 aliphatic carbocycles. The number of aromatic nitrogens is 1. The number of ether oxygens (including phenoxy) is 1. The van der Waals surface area contributed by atoms with Crippen LogP contribution in [0.2, 0.25) is 0 Å². The van der Waals surface area contributed by atoms with E-state index in [4.69, 9.17) is 9.26 Å². The van der Waals surface area contributed by atoms with E-state index in [0.29, 0.717) is 23.0 Å². The number of benzene rings is 1. The van der Waals surface area contributed by atoms with Crippen LogP contribution in [0.25, 0.3) is 0 Å². The molecule has 0 saturated carbocycles. The summed E-state index contributed by atoms with van der Waals surface area (Å²) >= 11 is 0. The van der Waals surface area contributed by atoms with Gasteiger partial charge in [-0.05, 0) is 38.5 Å². The summed E-state index contributed by atoms with van der Waals surface area (Å²) in [5.74, 6) is 0.553. The van der Waals surface area contributed by atoms with Gasteiger partial charge in [-0.2, -0.15) is 0 Å². The standard InChI is InChI=1S/C17H20N4O4/c1-9-6-16(25-21-9)20-17(23)11(3)18-10(2)12-4-5-14-13(7-12)19-15(22)8-24-14/h4-7,10-11,18H,8H2,1-3H3,(H,19,22)(H,20,23)/t10-,11-/m0/s1. The number of nitrogens with zero attached hydrogens (tertiary/aromatic N) is 1. The number of nitrogens with one attached hydrogen (secondary N) is 3. The summed E-state index contributed by atoms with van der Waals surface area (Å²) in [4.78, 5) is 23.7. The molecule has 2 amide bonds. The third-order valence-electron chi connectivity index (χ3n) is 3.90. The van der Waals surface area contributed by atoms with Crippen LogP contribution in [0.1, 0.15) is 31.1 Å². The topological polar surface area (TPSA) is 105 Å².